The van der Waals surface area contributed by atoms with E-state index in [9.17, 15) is 14.4 Å². The molecule has 0 atom stereocenters. The number of carbonyl (C=O) groups is 3. The molecule has 1 aliphatic rings. The molecule has 0 spiro atoms. The Labute approximate surface area is 142 Å². The minimum absolute atomic E-state index is 0.140. The van der Waals surface area contributed by atoms with Gasteiger partial charge in [0.1, 0.15) is 5.41 Å². The lowest BCUT2D eigenvalue weighted by atomic mass is 10.0. The monoisotopic (exact) mass is 332 g/mol. The maximum Gasteiger partial charge on any atom is 0.340 e. The van der Waals surface area contributed by atoms with E-state index in [-0.39, 0.29) is 18.4 Å². The van der Waals surface area contributed by atoms with Gasteiger partial charge >= 0.3 is 5.97 Å². The molecule has 1 N–H and O–H groups in total. The number of amides is 2. The lowest BCUT2D eigenvalue weighted by Crippen LogP contribution is -2.43. The first-order valence-electron chi connectivity index (χ1n) is 8.37. The van der Waals surface area contributed by atoms with Crippen LogP contribution in [0.1, 0.15) is 44.0 Å². The molecule has 1 aliphatic carbocycles. The van der Waals surface area contributed by atoms with Crippen molar-refractivity contribution in [2.45, 2.75) is 33.6 Å². The van der Waals surface area contributed by atoms with Gasteiger partial charge in [0.05, 0.1) is 17.9 Å². The van der Waals surface area contributed by atoms with Gasteiger partial charge in [-0.3, -0.25) is 9.59 Å². The van der Waals surface area contributed by atoms with Gasteiger partial charge in [-0.2, -0.15) is 0 Å². The molecule has 1 aromatic carbocycles. The normalized spacial score (nSPS) is 14.6. The third-order valence-electron chi connectivity index (χ3n) is 4.32. The van der Waals surface area contributed by atoms with Crippen LogP contribution in [-0.2, 0) is 14.3 Å². The molecule has 0 radical (unpaired) electrons. The Morgan fingerprint density at radius 1 is 1.12 bits per heavy atom. The van der Waals surface area contributed by atoms with Crippen molar-refractivity contribution in [3.63, 3.8) is 0 Å². The summed E-state index contributed by atoms with van der Waals surface area (Å²) in [5, 5.41) is 2.75. The fourth-order valence-electron chi connectivity index (χ4n) is 2.70. The zero-order valence-corrected chi connectivity index (χ0v) is 14.4. The standard InChI is InChI=1S/C18H24N2O4/c1-4-20(5-2)17(23)18(11-12-18)16(22)19-14-10-8-7-9-13(14)15(21)24-6-3/h7-10H,4-6,11-12H2,1-3H3,(H,19,22). The third-order valence-corrected chi connectivity index (χ3v) is 4.32. The number of ether oxygens (including phenoxy) is 1. The van der Waals surface area contributed by atoms with E-state index in [1.54, 1.807) is 36.1 Å². The minimum atomic E-state index is -0.992. The highest BCUT2D eigenvalue weighted by Crippen LogP contribution is 2.48. The zero-order valence-electron chi connectivity index (χ0n) is 14.4. The summed E-state index contributed by atoms with van der Waals surface area (Å²) in [6, 6.07) is 6.67. The molecule has 1 saturated carbocycles. The molecule has 130 valence electrons. The van der Waals surface area contributed by atoms with Crippen LogP contribution in [0.15, 0.2) is 24.3 Å². The number of hydrogen-bond donors (Lipinski definition) is 1. The Kier molecular flexibility index (Phi) is 5.59. The Bertz CT molecular complexity index is 634. The number of carbonyl (C=O) groups excluding carboxylic acids is 3. The highest BCUT2D eigenvalue weighted by molar-refractivity contribution is 6.14. The zero-order chi connectivity index (χ0) is 17.7. The van der Waals surface area contributed by atoms with Crippen LogP contribution in [0.2, 0.25) is 0 Å². The number of nitrogens with one attached hydrogen (secondary N) is 1. The highest BCUT2D eigenvalue weighted by atomic mass is 16.5. The van der Waals surface area contributed by atoms with Crippen molar-refractivity contribution >= 4 is 23.5 Å². The number of benzene rings is 1. The predicted octanol–water partition coefficient (Wildman–Crippen LogP) is 2.45. The van der Waals surface area contributed by atoms with E-state index in [1.807, 2.05) is 13.8 Å². The van der Waals surface area contributed by atoms with Crippen LogP contribution in [0, 0.1) is 5.41 Å². The fraction of sp³-hybridized carbons (Fsp3) is 0.500. The van der Waals surface area contributed by atoms with E-state index in [0.29, 0.717) is 37.2 Å². The molecule has 0 heterocycles. The molecule has 1 fully saturated rings. The van der Waals surface area contributed by atoms with E-state index in [0.717, 1.165) is 0 Å². The molecule has 1 aromatic rings. The van der Waals surface area contributed by atoms with Crippen molar-refractivity contribution in [2.75, 3.05) is 25.0 Å². The van der Waals surface area contributed by atoms with E-state index in [4.69, 9.17) is 4.74 Å². The summed E-state index contributed by atoms with van der Waals surface area (Å²) >= 11 is 0. The van der Waals surface area contributed by atoms with Gasteiger partial charge in [-0.25, -0.2) is 4.79 Å². The van der Waals surface area contributed by atoms with Crippen LogP contribution in [0.25, 0.3) is 0 Å². The summed E-state index contributed by atoms with van der Waals surface area (Å²) in [7, 11) is 0. The number of hydrogen-bond acceptors (Lipinski definition) is 4. The maximum atomic E-state index is 12.7. The Morgan fingerprint density at radius 3 is 2.29 bits per heavy atom. The summed E-state index contributed by atoms with van der Waals surface area (Å²) in [5.74, 6) is -0.983. The molecular weight excluding hydrogens is 308 g/mol. The van der Waals surface area contributed by atoms with E-state index >= 15 is 0 Å². The smallest absolute Gasteiger partial charge is 0.340 e. The minimum Gasteiger partial charge on any atom is -0.462 e. The average Bonchev–Trinajstić information content (AvgIpc) is 3.38. The van der Waals surface area contributed by atoms with Crippen LogP contribution in [-0.4, -0.2) is 42.4 Å². The summed E-state index contributed by atoms with van der Waals surface area (Å²) in [5.41, 5.74) is -0.327. The van der Waals surface area contributed by atoms with Crippen LogP contribution >= 0.6 is 0 Å². The second-order valence-electron chi connectivity index (χ2n) is 5.78. The summed E-state index contributed by atoms with van der Waals surface area (Å²) in [4.78, 5) is 39.0. The van der Waals surface area contributed by atoms with Crippen LogP contribution in [0.3, 0.4) is 0 Å². The summed E-state index contributed by atoms with van der Waals surface area (Å²) in [6.45, 7) is 6.91. The number of rotatable bonds is 7. The molecule has 2 rings (SSSR count). The van der Waals surface area contributed by atoms with Gasteiger partial charge in [-0.15, -0.1) is 0 Å². The molecule has 6 nitrogen and oxygen atoms in total. The van der Waals surface area contributed by atoms with Gasteiger partial charge in [0.2, 0.25) is 11.8 Å². The molecule has 0 aliphatic heterocycles. The molecular formula is C18H24N2O4. The lowest BCUT2D eigenvalue weighted by Gasteiger charge is -2.24. The van der Waals surface area contributed by atoms with E-state index in [1.165, 1.54) is 0 Å². The molecule has 0 bridgehead atoms. The SMILES string of the molecule is CCOC(=O)c1ccccc1NC(=O)C1(C(=O)N(CC)CC)CC1. The van der Waals surface area contributed by atoms with Gasteiger partial charge in [-0.05, 0) is 45.7 Å². The number of esters is 1. The molecule has 0 saturated heterocycles. The van der Waals surface area contributed by atoms with Crippen LogP contribution in [0.4, 0.5) is 5.69 Å². The van der Waals surface area contributed by atoms with Crippen LogP contribution < -0.4 is 5.32 Å². The molecule has 0 unspecified atom stereocenters. The van der Waals surface area contributed by atoms with Crippen molar-refractivity contribution in [1.29, 1.82) is 0 Å². The Balaban J connectivity index is 2.19. The second kappa shape index (κ2) is 7.47. The Hall–Kier alpha value is -2.37. The average molecular weight is 332 g/mol. The van der Waals surface area contributed by atoms with Gasteiger partial charge in [0.15, 0.2) is 0 Å². The second-order valence-corrected chi connectivity index (χ2v) is 5.78. The van der Waals surface area contributed by atoms with E-state index in [2.05, 4.69) is 5.32 Å². The first kappa shape index (κ1) is 18.0. The highest BCUT2D eigenvalue weighted by Gasteiger charge is 2.57. The number of para-hydroxylation sites is 1. The fourth-order valence-corrected chi connectivity index (χ4v) is 2.70. The predicted molar refractivity (Wildman–Crippen MR) is 90.6 cm³/mol. The topological polar surface area (TPSA) is 75.7 Å². The van der Waals surface area contributed by atoms with Crippen molar-refractivity contribution in [2.24, 2.45) is 5.41 Å². The van der Waals surface area contributed by atoms with Crippen molar-refractivity contribution in [3.8, 4) is 0 Å². The van der Waals surface area contributed by atoms with Gasteiger partial charge < -0.3 is 15.0 Å². The van der Waals surface area contributed by atoms with Crippen molar-refractivity contribution in [1.82, 2.24) is 4.90 Å². The lowest BCUT2D eigenvalue weighted by molar-refractivity contribution is -0.141. The number of anilines is 1. The third kappa shape index (κ3) is 3.42. The first-order chi connectivity index (χ1) is 11.5. The largest absolute Gasteiger partial charge is 0.462 e. The summed E-state index contributed by atoms with van der Waals surface area (Å²) in [6.07, 6.45) is 1.07. The molecule has 2 amide bonds. The van der Waals surface area contributed by atoms with Crippen LogP contribution in [0.5, 0.6) is 0 Å². The van der Waals surface area contributed by atoms with Gasteiger partial charge in [0, 0.05) is 13.1 Å². The molecule has 24 heavy (non-hydrogen) atoms. The molecule has 6 heteroatoms. The van der Waals surface area contributed by atoms with Gasteiger partial charge in [-0.1, -0.05) is 12.1 Å². The van der Waals surface area contributed by atoms with Crippen molar-refractivity contribution < 1.29 is 19.1 Å². The van der Waals surface area contributed by atoms with Gasteiger partial charge in [0.25, 0.3) is 0 Å². The molecule has 0 aromatic heterocycles. The number of nitrogens with zero attached hydrogens (tertiary/aromatic N) is 1. The van der Waals surface area contributed by atoms with E-state index < -0.39 is 11.4 Å². The summed E-state index contributed by atoms with van der Waals surface area (Å²) < 4.78 is 5.01. The maximum absolute atomic E-state index is 12.7. The van der Waals surface area contributed by atoms with Crippen molar-refractivity contribution in [3.05, 3.63) is 29.8 Å². The first-order valence-corrected chi connectivity index (χ1v) is 8.37. The quantitative estimate of drug-likeness (QED) is 0.615. The Morgan fingerprint density at radius 2 is 1.75 bits per heavy atom.